The van der Waals surface area contributed by atoms with Crippen molar-refractivity contribution in [2.75, 3.05) is 26.2 Å². The molecule has 0 aliphatic carbocycles. The monoisotopic (exact) mass is 422 g/mol. The molecule has 1 aliphatic rings. The van der Waals surface area contributed by atoms with Crippen LogP contribution >= 0.6 is 0 Å². The summed E-state index contributed by atoms with van der Waals surface area (Å²) in [6.07, 6.45) is 6.56. The third-order valence-electron chi connectivity index (χ3n) is 5.91. The number of carbonyl (C=O) groups is 2. The first kappa shape index (κ1) is 22.9. The van der Waals surface area contributed by atoms with E-state index in [1.165, 1.54) is 5.56 Å². The Labute approximate surface area is 185 Å². The maximum Gasteiger partial charge on any atom is 0.226 e. The van der Waals surface area contributed by atoms with Crippen LogP contribution < -0.4 is 5.32 Å². The van der Waals surface area contributed by atoms with E-state index in [1.807, 2.05) is 42.2 Å². The van der Waals surface area contributed by atoms with Crippen molar-refractivity contribution in [2.24, 2.45) is 5.92 Å². The number of benzene rings is 1. The van der Waals surface area contributed by atoms with Crippen LogP contribution in [-0.2, 0) is 22.7 Å². The van der Waals surface area contributed by atoms with Crippen molar-refractivity contribution in [3.8, 4) is 0 Å². The summed E-state index contributed by atoms with van der Waals surface area (Å²) in [7, 11) is 0. The van der Waals surface area contributed by atoms with E-state index < -0.39 is 0 Å². The number of nitrogens with one attached hydrogen (secondary N) is 1. The van der Waals surface area contributed by atoms with E-state index in [0.29, 0.717) is 32.5 Å². The molecule has 1 N–H and O–H groups in total. The van der Waals surface area contributed by atoms with Gasteiger partial charge in [0.2, 0.25) is 11.8 Å². The van der Waals surface area contributed by atoms with Gasteiger partial charge >= 0.3 is 0 Å². The highest BCUT2D eigenvalue weighted by molar-refractivity contribution is 5.79. The quantitative estimate of drug-likeness (QED) is 0.776. The first-order valence-corrected chi connectivity index (χ1v) is 11.4. The smallest absolute Gasteiger partial charge is 0.226 e. The maximum atomic E-state index is 13.3. The summed E-state index contributed by atoms with van der Waals surface area (Å²) >= 11 is 0. The van der Waals surface area contributed by atoms with Gasteiger partial charge in [0, 0.05) is 57.5 Å². The number of hydrogen-bond acceptors (Lipinski definition) is 4. The zero-order chi connectivity index (χ0) is 21.9. The van der Waals surface area contributed by atoms with Gasteiger partial charge in [-0.15, -0.1) is 0 Å². The number of amides is 2. The highest BCUT2D eigenvalue weighted by atomic mass is 16.2. The lowest BCUT2D eigenvalue weighted by atomic mass is 9.97. The minimum absolute atomic E-state index is 0.0597. The molecule has 166 valence electrons. The first-order valence-electron chi connectivity index (χ1n) is 11.4. The molecular weight excluding hydrogens is 388 g/mol. The normalized spacial score (nSPS) is 18.6. The van der Waals surface area contributed by atoms with Crippen LogP contribution in [0, 0.1) is 5.92 Å². The molecule has 1 saturated heterocycles. The molecule has 0 radical (unpaired) electrons. The largest absolute Gasteiger partial charge is 0.356 e. The van der Waals surface area contributed by atoms with E-state index in [-0.39, 0.29) is 17.7 Å². The van der Waals surface area contributed by atoms with Crippen LogP contribution in [0.5, 0.6) is 0 Å². The number of nitrogens with zero attached hydrogens (tertiary/aromatic N) is 3. The molecule has 31 heavy (non-hydrogen) atoms. The molecular formula is C25H34N4O2. The van der Waals surface area contributed by atoms with Crippen molar-refractivity contribution < 1.29 is 9.59 Å². The summed E-state index contributed by atoms with van der Waals surface area (Å²) in [6, 6.07) is 14.2. The number of rotatable bonds is 6. The number of aromatic nitrogens is 1. The zero-order valence-electron chi connectivity index (χ0n) is 18.5. The fourth-order valence-corrected chi connectivity index (χ4v) is 4.11. The van der Waals surface area contributed by atoms with E-state index >= 15 is 0 Å². The minimum atomic E-state index is -0.0650. The van der Waals surface area contributed by atoms with Gasteiger partial charge in [-0.05, 0) is 56.0 Å². The Bertz CT molecular complexity index is 813. The van der Waals surface area contributed by atoms with E-state index in [1.54, 1.807) is 12.4 Å². The van der Waals surface area contributed by atoms with Crippen molar-refractivity contribution in [3.05, 3.63) is 66.0 Å². The standard InChI is InChI=1S/C25H34N4O2/c1-2-29(20-21-7-4-3-5-8-21)25(31)23-9-6-17-28(18-13-24(30)27-16-12-23)19-22-10-14-26-15-11-22/h3-5,7-8,10-11,14-15,23H,2,6,9,12-13,16-20H2,1H3,(H,27,30). The fourth-order valence-electron chi connectivity index (χ4n) is 4.11. The van der Waals surface area contributed by atoms with Gasteiger partial charge in [-0.1, -0.05) is 30.3 Å². The molecule has 0 bridgehead atoms. The Kier molecular flexibility index (Phi) is 9.03. The zero-order valence-corrected chi connectivity index (χ0v) is 18.5. The van der Waals surface area contributed by atoms with Gasteiger partial charge in [-0.3, -0.25) is 19.5 Å². The maximum absolute atomic E-state index is 13.3. The van der Waals surface area contributed by atoms with Crippen LogP contribution in [0.4, 0.5) is 0 Å². The highest BCUT2D eigenvalue weighted by Crippen LogP contribution is 2.18. The van der Waals surface area contributed by atoms with E-state index in [2.05, 4.69) is 27.3 Å². The van der Waals surface area contributed by atoms with Gasteiger partial charge in [-0.2, -0.15) is 0 Å². The Balaban J connectivity index is 1.63. The second-order valence-corrected chi connectivity index (χ2v) is 8.20. The molecule has 3 rings (SSSR count). The molecule has 1 aliphatic heterocycles. The molecule has 0 spiro atoms. The molecule has 1 aromatic heterocycles. The van der Waals surface area contributed by atoms with Crippen molar-refractivity contribution in [2.45, 2.75) is 45.7 Å². The Hall–Kier alpha value is -2.73. The molecule has 6 nitrogen and oxygen atoms in total. The third-order valence-corrected chi connectivity index (χ3v) is 5.91. The lowest BCUT2D eigenvalue weighted by molar-refractivity contribution is -0.136. The third kappa shape index (κ3) is 7.47. The van der Waals surface area contributed by atoms with Crippen LogP contribution in [-0.4, -0.2) is 52.8 Å². The molecule has 1 unspecified atom stereocenters. The average Bonchev–Trinajstić information content (AvgIpc) is 2.84. The number of hydrogen-bond donors (Lipinski definition) is 1. The molecule has 2 aromatic rings. The summed E-state index contributed by atoms with van der Waals surface area (Å²) in [6.45, 7) is 6.31. The van der Waals surface area contributed by atoms with Crippen molar-refractivity contribution in [3.63, 3.8) is 0 Å². The van der Waals surface area contributed by atoms with Gasteiger partial charge in [0.25, 0.3) is 0 Å². The average molecular weight is 423 g/mol. The van der Waals surface area contributed by atoms with Crippen LogP contribution in [0.1, 0.15) is 43.7 Å². The SMILES string of the molecule is CCN(Cc1ccccc1)C(=O)C1CCCN(Cc2ccncc2)CCC(=O)NCC1. The van der Waals surface area contributed by atoms with Crippen molar-refractivity contribution in [1.82, 2.24) is 20.1 Å². The molecule has 6 heteroatoms. The van der Waals surface area contributed by atoms with Crippen LogP contribution in [0.2, 0.25) is 0 Å². The van der Waals surface area contributed by atoms with Gasteiger partial charge in [0.1, 0.15) is 0 Å². The lowest BCUT2D eigenvalue weighted by Crippen LogP contribution is -2.37. The molecule has 1 aromatic carbocycles. The van der Waals surface area contributed by atoms with E-state index in [4.69, 9.17) is 0 Å². The molecule has 1 atom stereocenters. The van der Waals surface area contributed by atoms with Crippen LogP contribution in [0.3, 0.4) is 0 Å². The Morgan fingerprint density at radius 1 is 1.10 bits per heavy atom. The summed E-state index contributed by atoms with van der Waals surface area (Å²) in [4.78, 5) is 33.9. The van der Waals surface area contributed by atoms with Crippen LogP contribution in [0.25, 0.3) is 0 Å². The minimum Gasteiger partial charge on any atom is -0.356 e. The highest BCUT2D eigenvalue weighted by Gasteiger charge is 2.24. The number of carbonyl (C=O) groups excluding carboxylic acids is 2. The predicted octanol–water partition coefficient (Wildman–Crippen LogP) is 3.24. The van der Waals surface area contributed by atoms with Gasteiger partial charge < -0.3 is 10.2 Å². The Morgan fingerprint density at radius 3 is 2.61 bits per heavy atom. The molecule has 2 amide bonds. The molecule has 2 heterocycles. The summed E-state index contributed by atoms with van der Waals surface area (Å²) in [5.41, 5.74) is 2.34. The number of pyridine rings is 1. The first-order chi connectivity index (χ1) is 15.2. The van der Waals surface area contributed by atoms with Gasteiger partial charge in [0.05, 0.1) is 0 Å². The second kappa shape index (κ2) is 12.2. The summed E-state index contributed by atoms with van der Waals surface area (Å²) < 4.78 is 0. The second-order valence-electron chi connectivity index (χ2n) is 8.20. The van der Waals surface area contributed by atoms with Crippen molar-refractivity contribution in [1.29, 1.82) is 0 Å². The van der Waals surface area contributed by atoms with E-state index in [0.717, 1.165) is 38.0 Å². The van der Waals surface area contributed by atoms with Gasteiger partial charge in [-0.25, -0.2) is 0 Å². The van der Waals surface area contributed by atoms with Crippen molar-refractivity contribution >= 4 is 11.8 Å². The fraction of sp³-hybridized carbons (Fsp3) is 0.480. The molecule has 0 saturated carbocycles. The topological polar surface area (TPSA) is 65.5 Å². The Morgan fingerprint density at radius 2 is 1.87 bits per heavy atom. The van der Waals surface area contributed by atoms with Gasteiger partial charge in [0.15, 0.2) is 0 Å². The lowest BCUT2D eigenvalue weighted by Gasteiger charge is -2.27. The van der Waals surface area contributed by atoms with E-state index in [9.17, 15) is 9.59 Å². The summed E-state index contributed by atoms with van der Waals surface area (Å²) in [5.74, 6) is 0.190. The summed E-state index contributed by atoms with van der Waals surface area (Å²) in [5, 5.41) is 3.01. The van der Waals surface area contributed by atoms with Crippen LogP contribution in [0.15, 0.2) is 54.9 Å². The predicted molar refractivity (Wildman–Crippen MR) is 122 cm³/mol. The molecule has 1 fully saturated rings.